The molecule has 0 aliphatic heterocycles. The minimum atomic E-state index is -3.12. The molecule has 0 aromatic rings. The van der Waals surface area contributed by atoms with Gasteiger partial charge in [-0.15, -0.1) is 0 Å². The third-order valence-corrected chi connectivity index (χ3v) is 21.2. The fraction of sp³-hybridized carbons (Fsp3) is 0.780. The lowest BCUT2D eigenvalue weighted by atomic mass is 10.2. The molecular formula is C41H78O4Si2. The van der Waals surface area contributed by atoms with Gasteiger partial charge >= 0.3 is 5.97 Å². The van der Waals surface area contributed by atoms with Crippen molar-refractivity contribution in [3.63, 3.8) is 0 Å². The quantitative estimate of drug-likeness (QED) is 0.0371. The fourth-order valence-electron chi connectivity index (χ4n) is 7.13. The number of carbonyl (C=O) groups is 1. The molecule has 0 saturated carbocycles. The van der Waals surface area contributed by atoms with Crippen LogP contribution in [0.15, 0.2) is 48.6 Å². The highest BCUT2D eigenvalue weighted by Gasteiger charge is 2.47. The van der Waals surface area contributed by atoms with Crippen LogP contribution in [-0.2, 0) is 18.4 Å². The van der Waals surface area contributed by atoms with Crippen LogP contribution in [0.3, 0.4) is 0 Å². The van der Waals surface area contributed by atoms with Crippen LogP contribution >= 0.6 is 0 Å². The molecule has 47 heavy (non-hydrogen) atoms. The number of hydrogen-bond donors (Lipinski definition) is 0. The monoisotopic (exact) mass is 696 g/mol. The summed E-state index contributed by atoms with van der Waals surface area (Å²) in [6, 6.07) is 0. The zero-order chi connectivity index (χ0) is 40.4. The lowest BCUT2D eigenvalue weighted by molar-refractivity contribution is -0.152. The molecule has 0 saturated heterocycles. The van der Waals surface area contributed by atoms with E-state index < -0.39 is 41.8 Å². The lowest BCUT2D eigenvalue weighted by Gasteiger charge is -2.44. The van der Waals surface area contributed by atoms with Gasteiger partial charge in [-0.3, -0.25) is 4.79 Å². The second kappa shape index (κ2) is 25.7. The van der Waals surface area contributed by atoms with Gasteiger partial charge in [-0.1, -0.05) is 151 Å². The highest BCUT2D eigenvalue weighted by molar-refractivity contribution is 6.78. The molecule has 0 aromatic carbocycles. The van der Waals surface area contributed by atoms with Crippen LogP contribution in [0.25, 0.3) is 0 Å². The van der Waals surface area contributed by atoms with Gasteiger partial charge in [0.15, 0.2) is 0 Å². The average Bonchev–Trinajstić information content (AvgIpc) is 3.02. The Kier molecular flexibility index (Phi) is 20.3. The van der Waals surface area contributed by atoms with Crippen molar-refractivity contribution in [1.82, 2.24) is 0 Å². The van der Waals surface area contributed by atoms with Crippen LogP contribution in [0.2, 0.25) is 33.2 Å². The first kappa shape index (κ1) is 37.0. The SMILES string of the molecule is [2H]C([2H])(O[Si](C(C)C)(C(C)C)C(C)C)C([2H])(OC(=O)CCC/C=C\C/C=C\C/C=C\C/C=C\CCCCC)C([2H])([2H])O[Si](C(C)C)(C(C)C)C(C)C. The first-order valence-corrected chi connectivity index (χ1v) is 23.0. The maximum atomic E-state index is 13.4. The van der Waals surface area contributed by atoms with Crippen molar-refractivity contribution in [3.05, 3.63) is 48.6 Å². The standard InChI is InChI=1S/C41H78O4Si2/c1-14-15-16-17-18-19-20-21-22-23-24-25-26-27-28-29-30-31-41(42)45-40(32-43-46(34(2)3,35(4)5)36(6)7)33-44-47(37(8)9,38(10)11)39(12)13/h18-19,21-22,24-25,27-28,34-40H,14-17,20,23,26,29-33H2,1-13H3/b19-18-,22-21-,25-24-,28-27-/i32D2,33D2,40D. The molecule has 0 spiro atoms. The molecule has 0 heterocycles. The normalized spacial score (nSPS) is 16.2. The first-order valence-electron chi connectivity index (χ1n) is 21.2. The molecule has 0 aromatic heterocycles. The van der Waals surface area contributed by atoms with E-state index in [1.807, 2.05) is 95.2 Å². The minimum absolute atomic E-state index is 0.0461. The van der Waals surface area contributed by atoms with E-state index >= 15 is 0 Å². The summed E-state index contributed by atoms with van der Waals surface area (Å²) in [6.07, 6.45) is 22.5. The Morgan fingerprint density at radius 3 is 1.26 bits per heavy atom. The summed E-state index contributed by atoms with van der Waals surface area (Å²) in [5.41, 5.74) is -0.277. The van der Waals surface area contributed by atoms with E-state index in [1.165, 1.54) is 19.3 Å². The topological polar surface area (TPSA) is 44.8 Å². The number of carbonyl (C=O) groups excluding carboxylic acids is 1. The first-order chi connectivity index (χ1) is 24.0. The van der Waals surface area contributed by atoms with E-state index in [1.54, 1.807) is 0 Å². The van der Waals surface area contributed by atoms with Crippen molar-refractivity contribution in [2.24, 2.45) is 0 Å². The molecule has 0 N–H and O–H groups in total. The number of allylic oxidation sites excluding steroid dienone is 8. The van der Waals surface area contributed by atoms with Gasteiger partial charge in [-0.2, -0.15) is 0 Å². The minimum Gasteiger partial charge on any atom is -0.458 e. The Bertz CT molecular complexity index is 1040. The van der Waals surface area contributed by atoms with Gasteiger partial charge in [0.05, 0.1) is 20.0 Å². The zero-order valence-corrected chi connectivity index (χ0v) is 34.8. The van der Waals surface area contributed by atoms with Crippen molar-refractivity contribution in [2.75, 3.05) is 13.1 Å². The van der Waals surface area contributed by atoms with E-state index in [0.29, 0.717) is 12.8 Å². The molecule has 0 amide bonds. The third-order valence-electron chi connectivity index (χ3n) is 9.48. The summed E-state index contributed by atoms with van der Waals surface area (Å²) in [6.45, 7) is 20.2. The number of esters is 1. The summed E-state index contributed by atoms with van der Waals surface area (Å²) in [7, 11) is -6.02. The van der Waals surface area contributed by atoms with Gasteiger partial charge in [-0.25, -0.2) is 0 Å². The maximum absolute atomic E-state index is 13.4. The predicted octanol–water partition coefficient (Wildman–Crippen LogP) is 13.4. The van der Waals surface area contributed by atoms with E-state index in [-0.39, 0.29) is 39.7 Å². The number of ether oxygens (including phenoxy) is 1. The Balaban J connectivity index is 5.94. The van der Waals surface area contributed by atoms with Gasteiger partial charge in [0.1, 0.15) is 6.08 Å². The molecule has 274 valence electrons. The van der Waals surface area contributed by atoms with Gasteiger partial charge in [-0.05, 0) is 78.2 Å². The molecule has 0 radical (unpaired) electrons. The summed E-state index contributed by atoms with van der Waals surface area (Å²) >= 11 is 0. The van der Waals surface area contributed by atoms with E-state index in [0.717, 1.165) is 25.7 Å². The zero-order valence-electron chi connectivity index (χ0n) is 37.8. The van der Waals surface area contributed by atoms with Gasteiger partial charge in [0, 0.05) is 6.42 Å². The molecule has 0 aliphatic carbocycles. The van der Waals surface area contributed by atoms with Crippen LogP contribution in [0, 0.1) is 0 Å². The van der Waals surface area contributed by atoms with Crippen molar-refractivity contribution in [2.45, 2.75) is 194 Å². The Hall–Kier alpha value is -1.22. The second-order valence-corrected chi connectivity index (χ2v) is 25.6. The van der Waals surface area contributed by atoms with E-state index in [9.17, 15) is 11.6 Å². The van der Waals surface area contributed by atoms with Gasteiger partial charge in [0.25, 0.3) is 0 Å². The van der Waals surface area contributed by atoms with Crippen LogP contribution in [0.4, 0.5) is 0 Å². The molecule has 0 aliphatic rings. The Morgan fingerprint density at radius 2 is 0.915 bits per heavy atom. The highest BCUT2D eigenvalue weighted by Crippen LogP contribution is 2.44. The van der Waals surface area contributed by atoms with Crippen LogP contribution in [0.5, 0.6) is 0 Å². The molecule has 0 rings (SSSR count). The summed E-state index contributed by atoms with van der Waals surface area (Å²) < 4.78 is 65.3. The second-order valence-electron chi connectivity index (χ2n) is 14.8. The predicted molar refractivity (Wildman–Crippen MR) is 212 cm³/mol. The molecular weight excluding hydrogens is 613 g/mol. The van der Waals surface area contributed by atoms with Crippen LogP contribution in [-0.4, -0.2) is 41.8 Å². The molecule has 0 unspecified atom stereocenters. The number of hydrogen-bond acceptors (Lipinski definition) is 4. The van der Waals surface area contributed by atoms with Gasteiger partial charge < -0.3 is 13.6 Å². The molecule has 0 fully saturated rings. The highest BCUT2D eigenvalue weighted by atomic mass is 28.4. The number of unbranched alkanes of at least 4 members (excludes halogenated alkanes) is 4. The van der Waals surface area contributed by atoms with Crippen molar-refractivity contribution >= 4 is 22.6 Å². The van der Waals surface area contributed by atoms with Gasteiger partial charge in [0.2, 0.25) is 16.6 Å². The largest absolute Gasteiger partial charge is 0.458 e. The lowest BCUT2D eigenvalue weighted by Crippen LogP contribution is -2.52. The fourth-order valence-corrected chi connectivity index (χ4v) is 17.1. The molecule has 0 bridgehead atoms. The summed E-state index contributed by atoms with van der Waals surface area (Å²) in [5.74, 6) is -0.845. The summed E-state index contributed by atoms with van der Waals surface area (Å²) in [5, 5.41) is 0. The number of rotatable bonds is 27. The Morgan fingerprint density at radius 1 is 0.574 bits per heavy atom. The van der Waals surface area contributed by atoms with E-state index in [2.05, 4.69) is 43.4 Å². The Labute approximate surface area is 302 Å². The average molecular weight is 696 g/mol. The smallest absolute Gasteiger partial charge is 0.306 e. The summed E-state index contributed by atoms with van der Waals surface area (Å²) in [4.78, 5) is 13.4. The van der Waals surface area contributed by atoms with Crippen LogP contribution in [0.1, 0.15) is 161 Å². The van der Waals surface area contributed by atoms with Crippen LogP contribution < -0.4 is 0 Å². The molecule has 6 heteroatoms. The van der Waals surface area contributed by atoms with Crippen molar-refractivity contribution in [1.29, 1.82) is 0 Å². The molecule has 0 atom stereocenters. The third kappa shape index (κ3) is 16.8. The molecule has 4 nitrogen and oxygen atoms in total. The van der Waals surface area contributed by atoms with Crippen molar-refractivity contribution in [3.8, 4) is 0 Å². The van der Waals surface area contributed by atoms with Crippen molar-refractivity contribution < 1.29 is 25.2 Å². The maximum Gasteiger partial charge on any atom is 0.306 e. The van der Waals surface area contributed by atoms with E-state index in [4.69, 9.17) is 13.6 Å².